The first-order valence-corrected chi connectivity index (χ1v) is 6.66. The van der Waals surface area contributed by atoms with Crippen molar-refractivity contribution in [2.45, 2.75) is 33.2 Å². The zero-order chi connectivity index (χ0) is 14.6. The summed E-state index contributed by atoms with van der Waals surface area (Å²) in [7, 11) is 0. The molecule has 0 fully saturated rings. The van der Waals surface area contributed by atoms with E-state index in [0.29, 0.717) is 5.82 Å². The number of nitrogens with zero attached hydrogens (tertiary/aromatic N) is 2. The number of amides is 1. The molecular weight excluding hydrogens is 252 g/mol. The number of nitrogens with one attached hydrogen (secondary N) is 2. The summed E-state index contributed by atoms with van der Waals surface area (Å²) in [5.74, 6) is 0.126. The molecular formula is C15H20N4O. The highest BCUT2D eigenvalue weighted by atomic mass is 16.2. The fraction of sp³-hybridized carbons (Fsp3) is 0.400. The quantitative estimate of drug-likeness (QED) is 0.899. The molecule has 0 aromatic carbocycles. The summed E-state index contributed by atoms with van der Waals surface area (Å²) in [6.07, 6.45) is 7.55. The van der Waals surface area contributed by atoms with Crippen molar-refractivity contribution < 1.29 is 4.79 Å². The second-order valence-corrected chi connectivity index (χ2v) is 6.01. The molecule has 0 bridgehead atoms. The van der Waals surface area contributed by atoms with E-state index in [2.05, 4.69) is 41.0 Å². The molecule has 2 rings (SSSR count). The standard InChI is InChI=1S/C15H20N4O/c1-15(2,3)9-12(11-5-4-6-16-10-11)19-14(20)13-17-7-8-18-13/h4-8,10,12H,9H2,1-3H3,(H,17,18)(H,19,20)/t12-/m1/s1. The smallest absolute Gasteiger partial charge is 0.287 e. The van der Waals surface area contributed by atoms with E-state index < -0.39 is 0 Å². The lowest BCUT2D eigenvalue weighted by Gasteiger charge is -2.26. The van der Waals surface area contributed by atoms with Crippen LogP contribution in [-0.2, 0) is 0 Å². The van der Waals surface area contributed by atoms with E-state index in [9.17, 15) is 4.79 Å². The Balaban J connectivity index is 2.17. The third kappa shape index (κ3) is 3.91. The van der Waals surface area contributed by atoms with Crippen LogP contribution in [0.1, 0.15) is 49.4 Å². The maximum Gasteiger partial charge on any atom is 0.287 e. The van der Waals surface area contributed by atoms with Crippen molar-refractivity contribution in [2.24, 2.45) is 5.41 Å². The van der Waals surface area contributed by atoms with Gasteiger partial charge in [0.25, 0.3) is 5.91 Å². The Morgan fingerprint density at radius 1 is 1.40 bits per heavy atom. The maximum atomic E-state index is 12.2. The second kappa shape index (κ2) is 5.86. The Morgan fingerprint density at radius 2 is 2.20 bits per heavy atom. The lowest BCUT2D eigenvalue weighted by molar-refractivity contribution is 0.0916. The number of hydrogen-bond donors (Lipinski definition) is 2. The molecule has 106 valence electrons. The van der Waals surface area contributed by atoms with Gasteiger partial charge in [-0.3, -0.25) is 9.78 Å². The van der Waals surface area contributed by atoms with E-state index in [1.807, 2.05) is 12.1 Å². The third-order valence-corrected chi connectivity index (χ3v) is 2.92. The molecule has 5 nitrogen and oxygen atoms in total. The highest BCUT2D eigenvalue weighted by Gasteiger charge is 2.23. The number of carbonyl (C=O) groups is 1. The van der Waals surface area contributed by atoms with Crippen LogP contribution in [0.5, 0.6) is 0 Å². The normalized spacial score (nSPS) is 12.9. The van der Waals surface area contributed by atoms with Gasteiger partial charge in [0, 0.05) is 24.8 Å². The van der Waals surface area contributed by atoms with Crippen LogP contribution in [-0.4, -0.2) is 20.9 Å². The van der Waals surface area contributed by atoms with Crippen molar-refractivity contribution in [3.05, 3.63) is 48.3 Å². The van der Waals surface area contributed by atoms with Gasteiger partial charge in [-0.15, -0.1) is 0 Å². The average Bonchev–Trinajstić information content (AvgIpc) is 2.91. The maximum absolute atomic E-state index is 12.2. The number of carbonyl (C=O) groups excluding carboxylic acids is 1. The van der Waals surface area contributed by atoms with E-state index >= 15 is 0 Å². The Hall–Kier alpha value is -2.17. The Bertz CT molecular complexity index is 543. The number of rotatable bonds is 4. The van der Waals surface area contributed by atoms with E-state index in [1.165, 1.54) is 0 Å². The fourth-order valence-corrected chi connectivity index (χ4v) is 2.06. The molecule has 20 heavy (non-hydrogen) atoms. The Kier molecular flexibility index (Phi) is 4.17. The SMILES string of the molecule is CC(C)(C)C[C@@H](NC(=O)c1ncc[nH]1)c1cccnc1. The van der Waals surface area contributed by atoms with Crippen molar-refractivity contribution in [1.82, 2.24) is 20.3 Å². The number of H-pyrrole nitrogens is 1. The third-order valence-electron chi connectivity index (χ3n) is 2.92. The minimum absolute atomic E-state index is 0.0821. The molecule has 0 aliphatic heterocycles. The van der Waals surface area contributed by atoms with Gasteiger partial charge in [-0.25, -0.2) is 4.98 Å². The summed E-state index contributed by atoms with van der Waals surface area (Å²) >= 11 is 0. The van der Waals surface area contributed by atoms with Gasteiger partial charge in [-0.05, 0) is 23.5 Å². The van der Waals surface area contributed by atoms with Crippen molar-refractivity contribution in [1.29, 1.82) is 0 Å². The molecule has 1 atom stereocenters. The van der Waals surface area contributed by atoms with Crippen LogP contribution in [0.15, 0.2) is 36.9 Å². The Morgan fingerprint density at radius 3 is 2.75 bits per heavy atom. The van der Waals surface area contributed by atoms with Gasteiger partial charge in [0.05, 0.1) is 6.04 Å². The molecule has 2 aromatic rings. The van der Waals surface area contributed by atoms with E-state index in [-0.39, 0.29) is 17.4 Å². The average molecular weight is 272 g/mol. The van der Waals surface area contributed by atoms with Gasteiger partial charge < -0.3 is 10.3 Å². The first-order valence-electron chi connectivity index (χ1n) is 6.66. The number of hydrogen-bond acceptors (Lipinski definition) is 3. The number of imidazole rings is 1. The first kappa shape index (κ1) is 14.2. The second-order valence-electron chi connectivity index (χ2n) is 6.01. The van der Waals surface area contributed by atoms with Crippen molar-refractivity contribution in [3.63, 3.8) is 0 Å². The van der Waals surface area contributed by atoms with Gasteiger partial charge in [0.1, 0.15) is 0 Å². The monoisotopic (exact) mass is 272 g/mol. The van der Waals surface area contributed by atoms with Crippen molar-refractivity contribution >= 4 is 5.91 Å². The molecule has 2 N–H and O–H groups in total. The summed E-state index contributed by atoms with van der Waals surface area (Å²) in [6.45, 7) is 6.44. The lowest BCUT2D eigenvalue weighted by atomic mass is 9.86. The molecule has 0 aliphatic rings. The van der Waals surface area contributed by atoms with Gasteiger partial charge in [-0.1, -0.05) is 26.8 Å². The van der Waals surface area contributed by atoms with E-state index in [1.54, 1.807) is 24.8 Å². The van der Waals surface area contributed by atoms with E-state index in [0.717, 1.165) is 12.0 Å². The number of aromatic nitrogens is 3. The minimum Gasteiger partial charge on any atom is -0.342 e. The molecule has 5 heteroatoms. The predicted molar refractivity (Wildman–Crippen MR) is 77.1 cm³/mol. The summed E-state index contributed by atoms with van der Waals surface area (Å²) in [4.78, 5) is 23.1. The van der Waals surface area contributed by atoms with Crippen LogP contribution >= 0.6 is 0 Å². The largest absolute Gasteiger partial charge is 0.342 e. The Labute approximate surface area is 118 Å². The topological polar surface area (TPSA) is 70.7 Å². The molecule has 0 radical (unpaired) electrons. The first-order chi connectivity index (χ1) is 9.46. The lowest BCUT2D eigenvalue weighted by Crippen LogP contribution is -2.32. The summed E-state index contributed by atoms with van der Waals surface area (Å²) in [5, 5.41) is 3.02. The zero-order valence-electron chi connectivity index (χ0n) is 12.1. The van der Waals surface area contributed by atoms with Crippen LogP contribution in [0.4, 0.5) is 0 Å². The molecule has 1 amide bonds. The summed E-state index contributed by atoms with van der Waals surface area (Å²) in [6, 6.07) is 3.77. The number of aromatic amines is 1. The zero-order valence-corrected chi connectivity index (χ0v) is 12.1. The van der Waals surface area contributed by atoms with Crippen LogP contribution < -0.4 is 5.32 Å². The minimum atomic E-state index is -0.201. The van der Waals surface area contributed by atoms with Crippen molar-refractivity contribution in [2.75, 3.05) is 0 Å². The molecule has 2 aromatic heterocycles. The molecule has 0 saturated carbocycles. The highest BCUT2D eigenvalue weighted by molar-refractivity contribution is 5.90. The van der Waals surface area contributed by atoms with Crippen LogP contribution in [0.2, 0.25) is 0 Å². The van der Waals surface area contributed by atoms with Crippen molar-refractivity contribution in [3.8, 4) is 0 Å². The molecule has 0 unspecified atom stereocenters. The van der Waals surface area contributed by atoms with Gasteiger partial charge >= 0.3 is 0 Å². The van der Waals surface area contributed by atoms with Gasteiger partial charge in [0.15, 0.2) is 5.82 Å². The van der Waals surface area contributed by atoms with Crippen LogP contribution in [0.3, 0.4) is 0 Å². The highest BCUT2D eigenvalue weighted by Crippen LogP contribution is 2.29. The van der Waals surface area contributed by atoms with Gasteiger partial charge in [-0.2, -0.15) is 0 Å². The summed E-state index contributed by atoms with van der Waals surface area (Å²) < 4.78 is 0. The fourth-order valence-electron chi connectivity index (χ4n) is 2.06. The van der Waals surface area contributed by atoms with E-state index in [4.69, 9.17) is 0 Å². The predicted octanol–water partition coefficient (Wildman–Crippen LogP) is 2.71. The van der Waals surface area contributed by atoms with Crippen LogP contribution in [0.25, 0.3) is 0 Å². The molecule has 0 aliphatic carbocycles. The van der Waals surface area contributed by atoms with Gasteiger partial charge in [0.2, 0.25) is 0 Å². The molecule has 0 spiro atoms. The molecule has 2 heterocycles. The van der Waals surface area contributed by atoms with Crippen LogP contribution in [0, 0.1) is 5.41 Å². The molecule has 0 saturated heterocycles. The summed E-state index contributed by atoms with van der Waals surface area (Å²) in [5.41, 5.74) is 1.10. The number of pyridine rings is 1.